The molecule has 0 bridgehead atoms. The van der Waals surface area contributed by atoms with Crippen LogP contribution in [0.4, 0.5) is 5.69 Å². The first-order chi connectivity index (χ1) is 19.7. The number of H-pyrrole nitrogens is 1. The molecule has 0 saturated carbocycles. The molecule has 1 amide bonds. The lowest BCUT2D eigenvalue weighted by Gasteiger charge is -2.21. The Kier molecular flexibility index (Phi) is 9.34. The molecule has 10 nitrogen and oxygen atoms in total. The number of rotatable bonds is 11. The van der Waals surface area contributed by atoms with Crippen molar-refractivity contribution in [2.24, 2.45) is 0 Å². The predicted molar refractivity (Wildman–Crippen MR) is 157 cm³/mol. The summed E-state index contributed by atoms with van der Waals surface area (Å²) in [4.78, 5) is 59.0. The number of esters is 2. The van der Waals surface area contributed by atoms with Gasteiger partial charge in [-0.2, -0.15) is 0 Å². The fourth-order valence-electron chi connectivity index (χ4n) is 4.68. The van der Waals surface area contributed by atoms with Crippen molar-refractivity contribution in [3.8, 4) is 0 Å². The largest absolute Gasteiger partial charge is 0.466 e. The van der Waals surface area contributed by atoms with Gasteiger partial charge in [0.1, 0.15) is 11.9 Å². The van der Waals surface area contributed by atoms with Crippen LogP contribution in [-0.4, -0.2) is 54.1 Å². The molecule has 3 aromatic carbocycles. The summed E-state index contributed by atoms with van der Waals surface area (Å²) in [5.41, 5.74) is 2.74. The van der Waals surface area contributed by atoms with E-state index in [1.165, 1.54) is 0 Å². The van der Waals surface area contributed by atoms with E-state index < -0.39 is 23.9 Å². The molecule has 1 aromatic heterocycles. The Hall–Kier alpha value is -4.73. The third-order valence-corrected chi connectivity index (χ3v) is 6.68. The van der Waals surface area contributed by atoms with E-state index in [1.807, 2.05) is 54.4 Å². The van der Waals surface area contributed by atoms with Gasteiger partial charge in [0.05, 0.1) is 24.1 Å². The summed E-state index contributed by atoms with van der Waals surface area (Å²) in [6.45, 7) is 6.10. The topological polar surface area (TPSA) is 131 Å². The summed E-state index contributed by atoms with van der Waals surface area (Å²) in [5.74, 6) is -0.918. The number of amides is 1. The first-order valence-electron chi connectivity index (χ1n) is 13.6. The summed E-state index contributed by atoms with van der Waals surface area (Å²) in [6.07, 6.45) is 0.0588. The second kappa shape index (κ2) is 13.1. The molecular weight excluding hydrogens is 524 g/mol. The number of fused-ring (bicyclic) bond motifs is 3. The number of aryl methyl sites for hydroxylation is 1. The number of hydrogen-bond donors (Lipinski definition) is 2. The van der Waals surface area contributed by atoms with Gasteiger partial charge in [-0.25, -0.2) is 9.78 Å². The Morgan fingerprint density at radius 1 is 1.00 bits per heavy atom. The van der Waals surface area contributed by atoms with Crippen molar-refractivity contribution in [1.82, 2.24) is 15.3 Å². The van der Waals surface area contributed by atoms with E-state index in [1.54, 1.807) is 32.9 Å². The van der Waals surface area contributed by atoms with Gasteiger partial charge in [0, 0.05) is 31.3 Å². The van der Waals surface area contributed by atoms with Crippen LogP contribution in [0, 0.1) is 6.92 Å². The van der Waals surface area contributed by atoms with E-state index in [0.29, 0.717) is 28.8 Å². The molecule has 0 unspecified atom stereocenters. The Morgan fingerprint density at radius 3 is 2.41 bits per heavy atom. The van der Waals surface area contributed by atoms with Gasteiger partial charge in [0.2, 0.25) is 0 Å². The van der Waals surface area contributed by atoms with E-state index in [4.69, 9.17) is 9.47 Å². The molecule has 0 spiro atoms. The van der Waals surface area contributed by atoms with Crippen molar-refractivity contribution in [1.29, 1.82) is 0 Å². The van der Waals surface area contributed by atoms with Crippen LogP contribution in [0.25, 0.3) is 21.7 Å². The first-order valence-corrected chi connectivity index (χ1v) is 13.6. The van der Waals surface area contributed by atoms with Crippen molar-refractivity contribution >= 4 is 45.2 Å². The van der Waals surface area contributed by atoms with Crippen LogP contribution in [0.5, 0.6) is 0 Å². The van der Waals surface area contributed by atoms with Crippen molar-refractivity contribution in [2.75, 3.05) is 25.2 Å². The molecule has 10 heteroatoms. The van der Waals surface area contributed by atoms with E-state index in [2.05, 4.69) is 15.3 Å². The summed E-state index contributed by atoms with van der Waals surface area (Å²) in [6, 6.07) is 15.9. The van der Waals surface area contributed by atoms with Gasteiger partial charge in [-0.05, 0) is 79.9 Å². The van der Waals surface area contributed by atoms with Crippen LogP contribution in [0.3, 0.4) is 0 Å². The number of carbonyl (C=O) groups is 3. The van der Waals surface area contributed by atoms with Crippen LogP contribution in [-0.2, 0) is 25.6 Å². The standard InChI is InChI=1S/C31H34N4O6/c1-5-40-27(36)16-15-26(31(39)41-6-2)34-29(37)22-9-12-23(13-10-22)35(4)18-20-7-8-21-11-14-25-28(24(21)17-20)30(38)33-19(3)32-25/h7-14,17,26H,5-6,15-16,18H2,1-4H3,(H,34,37)(H,32,33,38)/t26-/m0/s1. The van der Waals surface area contributed by atoms with E-state index in [-0.39, 0.29) is 31.6 Å². The smallest absolute Gasteiger partial charge is 0.328 e. The molecule has 214 valence electrons. The zero-order valence-corrected chi connectivity index (χ0v) is 23.7. The molecular formula is C31H34N4O6. The first kappa shape index (κ1) is 29.3. The van der Waals surface area contributed by atoms with Crippen LogP contribution in [0.2, 0.25) is 0 Å². The number of benzene rings is 3. The van der Waals surface area contributed by atoms with E-state index >= 15 is 0 Å². The van der Waals surface area contributed by atoms with Crippen molar-refractivity contribution in [3.63, 3.8) is 0 Å². The third kappa shape index (κ3) is 7.08. The minimum absolute atomic E-state index is 0.0174. The highest BCUT2D eigenvalue weighted by molar-refractivity contribution is 6.05. The number of aromatic nitrogens is 2. The van der Waals surface area contributed by atoms with Crippen molar-refractivity contribution in [3.05, 3.63) is 81.9 Å². The van der Waals surface area contributed by atoms with Crippen molar-refractivity contribution in [2.45, 2.75) is 46.2 Å². The molecule has 1 atom stereocenters. The van der Waals surface area contributed by atoms with Gasteiger partial charge in [-0.3, -0.25) is 14.4 Å². The maximum absolute atomic E-state index is 12.9. The van der Waals surface area contributed by atoms with Gasteiger partial charge in [0.25, 0.3) is 11.5 Å². The molecule has 0 fully saturated rings. The average molecular weight is 559 g/mol. The molecule has 0 aliphatic heterocycles. The summed E-state index contributed by atoms with van der Waals surface area (Å²) in [7, 11) is 1.94. The van der Waals surface area contributed by atoms with Gasteiger partial charge >= 0.3 is 11.9 Å². The van der Waals surface area contributed by atoms with Gasteiger partial charge in [-0.1, -0.05) is 18.2 Å². The number of ether oxygens (including phenoxy) is 2. The lowest BCUT2D eigenvalue weighted by atomic mass is 10.0. The highest BCUT2D eigenvalue weighted by Crippen LogP contribution is 2.25. The maximum atomic E-state index is 12.9. The number of aromatic amines is 1. The predicted octanol–water partition coefficient (Wildman–Crippen LogP) is 4.03. The molecule has 0 saturated heterocycles. The highest BCUT2D eigenvalue weighted by atomic mass is 16.5. The molecule has 4 rings (SSSR count). The number of anilines is 1. The van der Waals surface area contributed by atoms with Gasteiger partial charge < -0.3 is 24.7 Å². The number of nitrogens with one attached hydrogen (secondary N) is 2. The number of nitrogens with zero attached hydrogens (tertiary/aromatic N) is 2. The Bertz CT molecular complexity index is 1630. The third-order valence-electron chi connectivity index (χ3n) is 6.68. The Morgan fingerprint density at radius 2 is 1.71 bits per heavy atom. The maximum Gasteiger partial charge on any atom is 0.328 e. The van der Waals surface area contributed by atoms with Crippen LogP contribution in [0.15, 0.2) is 59.4 Å². The van der Waals surface area contributed by atoms with Crippen LogP contribution >= 0.6 is 0 Å². The monoisotopic (exact) mass is 558 g/mol. The minimum atomic E-state index is -0.968. The summed E-state index contributed by atoms with van der Waals surface area (Å²) < 4.78 is 9.99. The zero-order chi connectivity index (χ0) is 29.5. The van der Waals surface area contributed by atoms with Crippen molar-refractivity contribution < 1.29 is 23.9 Å². The molecule has 0 radical (unpaired) electrons. The fourth-order valence-corrected chi connectivity index (χ4v) is 4.68. The molecule has 0 aliphatic carbocycles. The zero-order valence-electron chi connectivity index (χ0n) is 23.7. The normalized spacial score (nSPS) is 11.7. The van der Waals surface area contributed by atoms with E-state index in [9.17, 15) is 19.2 Å². The van der Waals surface area contributed by atoms with Crippen LogP contribution < -0.4 is 15.8 Å². The second-order valence-electron chi connectivity index (χ2n) is 9.69. The molecule has 41 heavy (non-hydrogen) atoms. The minimum Gasteiger partial charge on any atom is -0.466 e. The highest BCUT2D eigenvalue weighted by Gasteiger charge is 2.24. The average Bonchev–Trinajstić information content (AvgIpc) is 2.94. The van der Waals surface area contributed by atoms with E-state index in [0.717, 1.165) is 22.0 Å². The fraction of sp³-hybridized carbons (Fsp3) is 0.323. The lowest BCUT2D eigenvalue weighted by molar-refractivity contribution is -0.146. The Balaban J connectivity index is 1.46. The Labute approximate surface area is 237 Å². The molecule has 2 N–H and O–H groups in total. The summed E-state index contributed by atoms with van der Waals surface area (Å²) >= 11 is 0. The number of carbonyl (C=O) groups excluding carboxylic acids is 3. The van der Waals surface area contributed by atoms with Gasteiger partial charge in [0.15, 0.2) is 0 Å². The molecule has 4 aromatic rings. The van der Waals surface area contributed by atoms with Gasteiger partial charge in [-0.15, -0.1) is 0 Å². The number of hydrogen-bond acceptors (Lipinski definition) is 8. The lowest BCUT2D eigenvalue weighted by Crippen LogP contribution is -2.42. The molecule has 1 heterocycles. The SMILES string of the molecule is CCOC(=O)CC[C@H](NC(=O)c1ccc(N(C)Cc2ccc3ccc4nc(C)[nH]c(=O)c4c3c2)cc1)C(=O)OCC. The molecule has 0 aliphatic rings. The van der Waals surface area contributed by atoms with Crippen LogP contribution in [0.1, 0.15) is 48.4 Å². The second-order valence-corrected chi connectivity index (χ2v) is 9.69. The summed E-state index contributed by atoms with van der Waals surface area (Å²) in [5, 5.41) is 5.04. The quantitative estimate of drug-likeness (QED) is 0.208.